The van der Waals surface area contributed by atoms with Crippen molar-refractivity contribution in [2.45, 2.75) is 19.4 Å². The molecule has 10 heteroatoms. The number of hydrogen-bond acceptors (Lipinski definition) is 6. The topological polar surface area (TPSA) is 80.8 Å². The molecule has 2 heterocycles. The van der Waals surface area contributed by atoms with Gasteiger partial charge in [-0.2, -0.15) is 0 Å². The van der Waals surface area contributed by atoms with Crippen LogP contribution in [0, 0.1) is 0 Å². The molecule has 1 unspecified atom stereocenters. The highest BCUT2D eigenvalue weighted by atomic mass is 79.9. The fourth-order valence-corrected chi connectivity index (χ4v) is 6.05. The molecule has 128 valence electrons. The van der Waals surface area contributed by atoms with Gasteiger partial charge in [-0.1, -0.05) is 0 Å². The number of ether oxygens (including phenoxy) is 1. The maximum atomic E-state index is 12.2. The molecule has 1 aromatic heterocycles. The lowest BCUT2D eigenvalue weighted by Crippen LogP contribution is -2.43. The third kappa shape index (κ3) is 4.77. The Morgan fingerprint density at radius 3 is 2.61 bits per heavy atom. The summed E-state index contributed by atoms with van der Waals surface area (Å²) in [4.78, 5) is 26.0. The number of carbonyl (C=O) groups is 2. The third-order valence-corrected chi connectivity index (χ3v) is 8.47. The molecule has 0 bridgehead atoms. The van der Waals surface area contributed by atoms with Crippen molar-refractivity contribution in [2.75, 3.05) is 24.7 Å². The molecule has 1 aliphatic heterocycles. The number of sulfone groups is 1. The molecular formula is C13H15Br2NO5S2. The van der Waals surface area contributed by atoms with E-state index in [-0.39, 0.29) is 23.5 Å². The van der Waals surface area contributed by atoms with E-state index in [4.69, 9.17) is 4.74 Å². The fourth-order valence-electron chi connectivity index (χ4n) is 2.39. The molecule has 0 spiro atoms. The largest absolute Gasteiger partial charge is 0.451 e. The van der Waals surface area contributed by atoms with Crippen LogP contribution in [0.15, 0.2) is 14.3 Å². The minimum atomic E-state index is -3.07. The van der Waals surface area contributed by atoms with Crippen LogP contribution in [0.1, 0.15) is 23.0 Å². The summed E-state index contributed by atoms with van der Waals surface area (Å²) in [5, 5.41) is 0. The van der Waals surface area contributed by atoms with Crippen molar-refractivity contribution in [1.82, 2.24) is 4.90 Å². The first-order chi connectivity index (χ1) is 10.7. The van der Waals surface area contributed by atoms with Gasteiger partial charge in [-0.15, -0.1) is 11.3 Å². The molecule has 0 aliphatic carbocycles. The van der Waals surface area contributed by atoms with Gasteiger partial charge in [0, 0.05) is 17.1 Å². The third-order valence-electron chi connectivity index (χ3n) is 3.48. The summed E-state index contributed by atoms with van der Waals surface area (Å²) in [7, 11) is -3.07. The maximum Gasteiger partial charge on any atom is 0.348 e. The Balaban J connectivity index is 1.93. The number of carbonyl (C=O) groups excluding carboxylic acids is 2. The van der Waals surface area contributed by atoms with Gasteiger partial charge in [-0.25, -0.2) is 13.2 Å². The van der Waals surface area contributed by atoms with Crippen LogP contribution in [0.5, 0.6) is 0 Å². The SMILES string of the molecule is CCN(C(=O)COC(=O)c1cc(Br)c(Br)s1)C1CCS(=O)(=O)C1. The second kappa shape index (κ2) is 7.62. The van der Waals surface area contributed by atoms with Gasteiger partial charge in [0.25, 0.3) is 5.91 Å². The van der Waals surface area contributed by atoms with E-state index in [2.05, 4.69) is 31.9 Å². The number of nitrogens with zero attached hydrogens (tertiary/aromatic N) is 1. The molecule has 1 aromatic rings. The van der Waals surface area contributed by atoms with Gasteiger partial charge in [0.05, 0.1) is 15.3 Å². The van der Waals surface area contributed by atoms with Crippen LogP contribution in [0.4, 0.5) is 0 Å². The fraction of sp³-hybridized carbons (Fsp3) is 0.538. The highest BCUT2D eigenvalue weighted by Gasteiger charge is 2.34. The van der Waals surface area contributed by atoms with Crippen LogP contribution in [0.2, 0.25) is 0 Å². The van der Waals surface area contributed by atoms with Crippen molar-refractivity contribution in [1.29, 1.82) is 0 Å². The summed E-state index contributed by atoms with van der Waals surface area (Å²) in [6, 6.07) is 1.28. The lowest BCUT2D eigenvalue weighted by molar-refractivity contribution is -0.136. The van der Waals surface area contributed by atoms with Crippen LogP contribution < -0.4 is 0 Å². The molecule has 1 aliphatic rings. The van der Waals surface area contributed by atoms with E-state index < -0.39 is 22.4 Å². The lowest BCUT2D eigenvalue weighted by atomic mass is 10.2. The number of likely N-dealkylation sites (N-methyl/N-ethyl adjacent to an activating group) is 1. The Morgan fingerprint density at radius 2 is 2.13 bits per heavy atom. The number of halogens is 2. The number of esters is 1. The second-order valence-corrected chi connectivity index (χ2v) is 10.5. The van der Waals surface area contributed by atoms with Crippen LogP contribution in [0.3, 0.4) is 0 Å². The highest BCUT2D eigenvalue weighted by Crippen LogP contribution is 2.32. The standard InChI is InChI=1S/C13H15Br2NO5S2/c1-2-16(8-3-4-23(19,20)7-8)11(17)6-21-13(18)10-5-9(14)12(15)22-10/h5,8H,2-4,6-7H2,1H3. The van der Waals surface area contributed by atoms with E-state index in [1.807, 2.05) is 0 Å². The van der Waals surface area contributed by atoms with Crippen molar-refractivity contribution >= 4 is 64.9 Å². The summed E-state index contributed by atoms with van der Waals surface area (Å²) in [6.45, 7) is 1.77. The monoisotopic (exact) mass is 487 g/mol. The Labute approximate surface area is 155 Å². The van der Waals surface area contributed by atoms with E-state index in [0.717, 1.165) is 8.26 Å². The van der Waals surface area contributed by atoms with Crippen molar-refractivity contribution < 1.29 is 22.7 Å². The van der Waals surface area contributed by atoms with Gasteiger partial charge >= 0.3 is 5.97 Å². The Morgan fingerprint density at radius 1 is 1.43 bits per heavy atom. The molecule has 1 fully saturated rings. The molecule has 2 rings (SSSR count). The molecule has 6 nitrogen and oxygen atoms in total. The van der Waals surface area contributed by atoms with E-state index in [1.54, 1.807) is 13.0 Å². The van der Waals surface area contributed by atoms with E-state index >= 15 is 0 Å². The molecule has 1 atom stereocenters. The Hall–Kier alpha value is -0.450. The summed E-state index contributed by atoms with van der Waals surface area (Å²) in [6.07, 6.45) is 0.431. The first-order valence-electron chi connectivity index (χ1n) is 6.85. The zero-order valence-corrected chi connectivity index (χ0v) is 17.1. The van der Waals surface area contributed by atoms with Gasteiger partial charge in [-0.3, -0.25) is 4.79 Å². The molecule has 1 saturated heterocycles. The predicted molar refractivity (Wildman–Crippen MR) is 94.4 cm³/mol. The Bertz CT molecular complexity index is 696. The number of rotatable bonds is 5. The van der Waals surface area contributed by atoms with Crippen molar-refractivity contribution in [3.63, 3.8) is 0 Å². The van der Waals surface area contributed by atoms with Crippen molar-refractivity contribution in [2.24, 2.45) is 0 Å². The summed E-state index contributed by atoms with van der Waals surface area (Å²) < 4.78 is 29.6. The zero-order chi connectivity index (χ0) is 17.2. The second-order valence-electron chi connectivity index (χ2n) is 5.05. The Kier molecular flexibility index (Phi) is 6.26. The minimum absolute atomic E-state index is 0.0225. The van der Waals surface area contributed by atoms with Gasteiger partial charge in [0.15, 0.2) is 16.4 Å². The molecule has 0 N–H and O–H groups in total. The van der Waals surface area contributed by atoms with Crippen LogP contribution >= 0.6 is 43.2 Å². The van der Waals surface area contributed by atoms with Crippen molar-refractivity contribution in [3.05, 3.63) is 19.2 Å². The molecular weight excluding hydrogens is 474 g/mol. The first-order valence-corrected chi connectivity index (χ1v) is 11.1. The molecule has 0 radical (unpaired) electrons. The van der Waals surface area contributed by atoms with Crippen LogP contribution in [-0.4, -0.2) is 55.9 Å². The molecule has 1 amide bonds. The number of amides is 1. The summed E-state index contributed by atoms with van der Waals surface area (Å²) in [5.74, 6) is -0.883. The smallest absolute Gasteiger partial charge is 0.348 e. The summed E-state index contributed by atoms with van der Waals surface area (Å²) in [5.41, 5.74) is 0. The quantitative estimate of drug-likeness (QED) is 0.594. The lowest BCUT2D eigenvalue weighted by Gasteiger charge is -2.26. The van der Waals surface area contributed by atoms with Crippen LogP contribution in [-0.2, 0) is 19.4 Å². The average Bonchev–Trinajstić information content (AvgIpc) is 3.00. The predicted octanol–water partition coefficient (Wildman–Crippen LogP) is 2.47. The zero-order valence-electron chi connectivity index (χ0n) is 12.3. The molecule has 23 heavy (non-hydrogen) atoms. The normalized spacial score (nSPS) is 19.5. The average molecular weight is 489 g/mol. The molecule has 0 aromatic carbocycles. The van der Waals surface area contributed by atoms with Gasteiger partial charge in [-0.05, 0) is 51.3 Å². The van der Waals surface area contributed by atoms with Gasteiger partial charge in [0.2, 0.25) is 0 Å². The summed E-state index contributed by atoms with van der Waals surface area (Å²) >= 11 is 7.77. The van der Waals surface area contributed by atoms with Crippen LogP contribution in [0.25, 0.3) is 0 Å². The van der Waals surface area contributed by atoms with E-state index in [9.17, 15) is 18.0 Å². The van der Waals surface area contributed by atoms with Gasteiger partial charge < -0.3 is 9.64 Å². The van der Waals surface area contributed by atoms with Crippen molar-refractivity contribution in [3.8, 4) is 0 Å². The molecule has 0 saturated carbocycles. The maximum absolute atomic E-state index is 12.2. The first kappa shape index (κ1) is 18.9. The highest BCUT2D eigenvalue weighted by molar-refractivity contribution is 9.13. The van der Waals surface area contributed by atoms with Gasteiger partial charge in [0.1, 0.15) is 4.88 Å². The minimum Gasteiger partial charge on any atom is -0.451 e. The number of hydrogen-bond donors (Lipinski definition) is 0. The van der Waals surface area contributed by atoms with E-state index in [1.165, 1.54) is 16.2 Å². The number of thiophene rings is 1. The van der Waals surface area contributed by atoms with E-state index in [0.29, 0.717) is 17.8 Å².